The van der Waals surface area contributed by atoms with Gasteiger partial charge in [-0.05, 0) is 24.3 Å². The zero-order valence-corrected chi connectivity index (χ0v) is 13.7. The van der Waals surface area contributed by atoms with Crippen molar-refractivity contribution >= 4 is 17.4 Å². The molecule has 0 radical (unpaired) electrons. The normalized spacial score (nSPS) is 10.8. The minimum absolute atomic E-state index is 0.192. The highest BCUT2D eigenvalue weighted by Crippen LogP contribution is 2.17. The van der Waals surface area contributed by atoms with E-state index in [0.29, 0.717) is 22.9 Å². The zero-order valence-electron chi connectivity index (χ0n) is 13.7. The Bertz CT molecular complexity index is 1070. The number of hydrogen-bond acceptors (Lipinski definition) is 6. The van der Waals surface area contributed by atoms with Crippen LogP contribution in [0.3, 0.4) is 0 Å². The number of hydrogen-bond donors (Lipinski definition) is 2. The smallest absolute Gasteiger partial charge is 0.251 e. The van der Waals surface area contributed by atoms with Gasteiger partial charge in [0.1, 0.15) is 5.82 Å². The lowest BCUT2D eigenvalue weighted by molar-refractivity contribution is 0.0950. The standard InChI is InChI=1S/C18H15N7O/c19-15-10-20-9-14(22-15)12-4-6-13(7-5-12)18(26)21-11-17-24-23-16-3-1-2-8-25(16)17/h1-10H,11H2,(H2,19,22)(H,21,26). The summed E-state index contributed by atoms with van der Waals surface area (Å²) < 4.78 is 1.84. The number of amides is 1. The maximum atomic E-state index is 12.4. The SMILES string of the molecule is Nc1cncc(-c2ccc(C(=O)NCc3nnc4ccccn34)cc2)n1. The third-order valence-electron chi connectivity index (χ3n) is 3.89. The number of nitrogens with zero attached hydrogens (tertiary/aromatic N) is 5. The Morgan fingerprint density at radius 3 is 2.73 bits per heavy atom. The van der Waals surface area contributed by atoms with E-state index in [9.17, 15) is 4.79 Å². The van der Waals surface area contributed by atoms with Gasteiger partial charge in [-0.15, -0.1) is 10.2 Å². The molecular formula is C18H15N7O. The van der Waals surface area contributed by atoms with Crippen LogP contribution in [0.15, 0.2) is 61.1 Å². The predicted molar refractivity (Wildman–Crippen MR) is 96.0 cm³/mol. The Kier molecular flexibility index (Phi) is 3.98. The maximum absolute atomic E-state index is 12.4. The van der Waals surface area contributed by atoms with E-state index in [1.54, 1.807) is 18.3 Å². The molecule has 3 aromatic heterocycles. The van der Waals surface area contributed by atoms with E-state index < -0.39 is 0 Å². The fraction of sp³-hybridized carbons (Fsp3) is 0.0556. The summed E-state index contributed by atoms with van der Waals surface area (Å²) in [6, 6.07) is 12.7. The van der Waals surface area contributed by atoms with Gasteiger partial charge in [-0.3, -0.25) is 14.2 Å². The van der Waals surface area contributed by atoms with Crippen molar-refractivity contribution in [1.29, 1.82) is 0 Å². The average molecular weight is 345 g/mol. The van der Waals surface area contributed by atoms with Crippen molar-refractivity contribution in [2.24, 2.45) is 0 Å². The number of nitrogens with one attached hydrogen (secondary N) is 1. The molecule has 0 aliphatic carbocycles. The molecule has 0 bridgehead atoms. The highest BCUT2D eigenvalue weighted by Gasteiger charge is 2.09. The van der Waals surface area contributed by atoms with Crippen LogP contribution in [0.4, 0.5) is 5.82 Å². The second-order valence-corrected chi connectivity index (χ2v) is 5.63. The van der Waals surface area contributed by atoms with E-state index in [-0.39, 0.29) is 12.5 Å². The van der Waals surface area contributed by atoms with Crippen LogP contribution in [-0.2, 0) is 6.54 Å². The minimum atomic E-state index is -0.192. The fourth-order valence-corrected chi connectivity index (χ4v) is 2.59. The van der Waals surface area contributed by atoms with Crippen molar-refractivity contribution in [3.8, 4) is 11.3 Å². The summed E-state index contributed by atoms with van der Waals surface area (Å²) in [6.45, 7) is 0.284. The Labute approximate surface area is 148 Å². The van der Waals surface area contributed by atoms with Crippen LogP contribution in [0.1, 0.15) is 16.2 Å². The first-order chi connectivity index (χ1) is 12.7. The predicted octanol–water partition coefficient (Wildman–Crippen LogP) is 1.70. The number of aromatic nitrogens is 5. The second-order valence-electron chi connectivity index (χ2n) is 5.63. The molecule has 8 heteroatoms. The summed E-state index contributed by atoms with van der Waals surface area (Å²) in [4.78, 5) is 20.6. The number of carbonyl (C=O) groups is 1. The summed E-state index contributed by atoms with van der Waals surface area (Å²) in [6.07, 6.45) is 4.97. The third kappa shape index (κ3) is 3.07. The van der Waals surface area contributed by atoms with Crippen LogP contribution >= 0.6 is 0 Å². The van der Waals surface area contributed by atoms with E-state index in [2.05, 4.69) is 25.5 Å². The summed E-state index contributed by atoms with van der Waals surface area (Å²) in [5.74, 6) is 0.827. The summed E-state index contributed by atoms with van der Waals surface area (Å²) >= 11 is 0. The molecule has 3 N–H and O–H groups in total. The van der Waals surface area contributed by atoms with Crippen molar-refractivity contribution in [3.63, 3.8) is 0 Å². The van der Waals surface area contributed by atoms with Crippen LogP contribution in [0.25, 0.3) is 16.9 Å². The first-order valence-corrected chi connectivity index (χ1v) is 7.95. The van der Waals surface area contributed by atoms with Gasteiger partial charge in [0.2, 0.25) is 0 Å². The third-order valence-corrected chi connectivity index (χ3v) is 3.89. The van der Waals surface area contributed by atoms with Gasteiger partial charge in [-0.2, -0.15) is 0 Å². The van der Waals surface area contributed by atoms with E-state index in [1.807, 2.05) is 40.9 Å². The van der Waals surface area contributed by atoms with E-state index in [1.165, 1.54) is 6.20 Å². The number of anilines is 1. The van der Waals surface area contributed by atoms with Crippen LogP contribution in [-0.4, -0.2) is 30.5 Å². The number of fused-ring (bicyclic) bond motifs is 1. The maximum Gasteiger partial charge on any atom is 0.251 e. The molecule has 1 aromatic carbocycles. The Hall–Kier alpha value is -3.81. The van der Waals surface area contributed by atoms with Gasteiger partial charge in [-0.25, -0.2) is 4.98 Å². The van der Waals surface area contributed by atoms with Gasteiger partial charge in [0, 0.05) is 17.3 Å². The number of pyridine rings is 1. The molecule has 26 heavy (non-hydrogen) atoms. The molecule has 0 atom stereocenters. The molecule has 3 heterocycles. The number of nitrogens with two attached hydrogens (primary N) is 1. The van der Waals surface area contributed by atoms with Gasteiger partial charge in [-0.1, -0.05) is 18.2 Å². The van der Waals surface area contributed by atoms with Crippen LogP contribution < -0.4 is 11.1 Å². The van der Waals surface area contributed by atoms with Gasteiger partial charge < -0.3 is 11.1 Å². The summed E-state index contributed by atoms with van der Waals surface area (Å²) in [7, 11) is 0. The zero-order chi connectivity index (χ0) is 17.9. The molecule has 0 spiro atoms. The number of carbonyl (C=O) groups excluding carboxylic acids is 1. The molecular weight excluding hydrogens is 330 g/mol. The van der Waals surface area contributed by atoms with E-state index in [4.69, 9.17) is 5.73 Å². The molecule has 0 aliphatic heterocycles. The molecule has 128 valence electrons. The molecule has 0 aliphatic rings. The lowest BCUT2D eigenvalue weighted by Gasteiger charge is -2.06. The Morgan fingerprint density at radius 1 is 1.08 bits per heavy atom. The van der Waals surface area contributed by atoms with E-state index >= 15 is 0 Å². The summed E-state index contributed by atoms with van der Waals surface area (Å²) in [5, 5.41) is 11.0. The van der Waals surface area contributed by atoms with Gasteiger partial charge in [0.05, 0.1) is 24.6 Å². The average Bonchev–Trinajstić information content (AvgIpc) is 3.09. The van der Waals surface area contributed by atoms with Crippen LogP contribution in [0, 0.1) is 0 Å². The Morgan fingerprint density at radius 2 is 1.92 bits per heavy atom. The quantitative estimate of drug-likeness (QED) is 0.582. The van der Waals surface area contributed by atoms with Crippen LogP contribution in [0.2, 0.25) is 0 Å². The van der Waals surface area contributed by atoms with Crippen molar-refractivity contribution in [3.05, 3.63) is 72.4 Å². The van der Waals surface area contributed by atoms with Crippen molar-refractivity contribution < 1.29 is 4.79 Å². The topological polar surface area (TPSA) is 111 Å². The molecule has 4 aromatic rings. The van der Waals surface area contributed by atoms with Gasteiger partial charge in [0.25, 0.3) is 5.91 Å². The van der Waals surface area contributed by atoms with Gasteiger partial charge >= 0.3 is 0 Å². The first-order valence-electron chi connectivity index (χ1n) is 7.95. The largest absolute Gasteiger partial charge is 0.382 e. The lowest BCUT2D eigenvalue weighted by Crippen LogP contribution is -2.23. The van der Waals surface area contributed by atoms with E-state index in [0.717, 1.165) is 11.2 Å². The monoisotopic (exact) mass is 345 g/mol. The lowest BCUT2D eigenvalue weighted by atomic mass is 10.1. The molecule has 1 amide bonds. The second kappa shape index (κ2) is 6.60. The minimum Gasteiger partial charge on any atom is -0.382 e. The van der Waals surface area contributed by atoms with Crippen molar-refractivity contribution in [2.45, 2.75) is 6.54 Å². The first kappa shape index (κ1) is 15.7. The molecule has 0 saturated heterocycles. The van der Waals surface area contributed by atoms with Crippen molar-refractivity contribution in [2.75, 3.05) is 5.73 Å². The van der Waals surface area contributed by atoms with Gasteiger partial charge in [0.15, 0.2) is 11.5 Å². The highest BCUT2D eigenvalue weighted by molar-refractivity contribution is 5.94. The number of nitrogen functional groups attached to an aromatic ring is 1. The fourth-order valence-electron chi connectivity index (χ4n) is 2.59. The number of rotatable bonds is 4. The summed E-state index contributed by atoms with van der Waals surface area (Å²) in [5.41, 5.74) is 8.43. The Balaban J connectivity index is 1.46. The molecule has 0 unspecified atom stereocenters. The molecule has 8 nitrogen and oxygen atoms in total. The molecule has 0 saturated carbocycles. The molecule has 0 fully saturated rings. The highest BCUT2D eigenvalue weighted by atomic mass is 16.1. The van der Waals surface area contributed by atoms with Crippen LogP contribution in [0.5, 0.6) is 0 Å². The molecule has 4 rings (SSSR count). The number of benzene rings is 1. The van der Waals surface area contributed by atoms with Crippen molar-refractivity contribution in [1.82, 2.24) is 29.9 Å².